The van der Waals surface area contributed by atoms with Gasteiger partial charge in [-0.1, -0.05) is 52.4 Å². The highest BCUT2D eigenvalue weighted by Gasteiger charge is 2.78. The molecule has 3 unspecified atom stereocenters. The Morgan fingerprint density at radius 1 is 1.30 bits per heavy atom. The van der Waals surface area contributed by atoms with Gasteiger partial charge in [0.25, 0.3) is 0 Å². The third-order valence-electron chi connectivity index (χ3n) is 8.86. The van der Waals surface area contributed by atoms with Crippen LogP contribution in [-0.2, 0) is 14.9 Å². The minimum atomic E-state index is -0.188. The summed E-state index contributed by atoms with van der Waals surface area (Å²) in [6.07, 6.45) is 4.07. The van der Waals surface area contributed by atoms with Crippen molar-refractivity contribution in [2.45, 2.75) is 46.8 Å². The molecule has 0 radical (unpaired) electrons. The number of para-hydroxylation sites is 1. The highest BCUT2D eigenvalue weighted by molar-refractivity contribution is 14.1. The van der Waals surface area contributed by atoms with Gasteiger partial charge in [-0.25, -0.2) is 0 Å². The molecule has 1 aromatic rings. The Labute approximate surface area is 173 Å². The largest absolute Gasteiger partial charge is 0.373 e. The van der Waals surface area contributed by atoms with Crippen molar-refractivity contribution in [3.8, 4) is 0 Å². The monoisotopic (exact) mass is 474 g/mol. The summed E-state index contributed by atoms with van der Waals surface area (Å²) < 4.78 is 6.94. The number of ether oxygens (including phenoxy) is 1. The van der Waals surface area contributed by atoms with Gasteiger partial charge in [0, 0.05) is 39.4 Å². The van der Waals surface area contributed by atoms with E-state index in [9.17, 15) is 4.79 Å². The molecule has 5 heterocycles. The molecular weight excluding hydrogens is 451 g/mol. The summed E-state index contributed by atoms with van der Waals surface area (Å²) in [7, 11) is 0. The van der Waals surface area contributed by atoms with E-state index in [1.165, 1.54) is 11.3 Å². The molecule has 1 saturated carbocycles. The van der Waals surface area contributed by atoms with E-state index in [0.717, 1.165) is 19.5 Å². The molecule has 6 aliphatic rings. The summed E-state index contributed by atoms with van der Waals surface area (Å²) in [4.78, 5) is 18.4. The maximum atomic E-state index is 13.5. The summed E-state index contributed by atoms with van der Waals surface area (Å²) >= 11 is 2.75. The number of rotatable bonds is 0. The number of benzene rings is 1. The summed E-state index contributed by atoms with van der Waals surface area (Å²) in [6.45, 7) is 5.30. The minimum absolute atomic E-state index is 0.0319. The van der Waals surface area contributed by atoms with E-state index in [1.54, 1.807) is 5.57 Å². The molecule has 0 N–H and O–H groups in total. The second-order valence-electron chi connectivity index (χ2n) is 9.38. The maximum absolute atomic E-state index is 13.5. The Balaban J connectivity index is 1.61. The SMILES string of the molecule is CC12[C@@H]3C4CC(=O)N1c1ccccc1[C@@]21CCN2CC(=CCO4)[C@@H]3C(I)[C@@H]21. The van der Waals surface area contributed by atoms with Crippen LogP contribution in [0.25, 0.3) is 0 Å². The molecule has 0 aromatic heterocycles. The van der Waals surface area contributed by atoms with Crippen molar-refractivity contribution in [2.24, 2.45) is 11.8 Å². The van der Waals surface area contributed by atoms with Crippen LogP contribution in [0, 0.1) is 11.8 Å². The molecule has 27 heavy (non-hydrogen) atoms. The van der Waals surface area contributed by atoms with E-state index in [4.69, 9.17) is 4.74 Å². The summed E-state index contributed by atoms with van der Waals surface area (Å²) in [5.74, 6) is 1.17. The second-order valence-corrected chi connectivity index (χ2v) is 10.8. The Bertz CT molecular complexity index is 931. The number of alkyl halides is 1. The second kappa shape index (κ2) is 4.79. The first-order chi connectivity index (χ1) is 13.1. The molecular formula is C22H23IN2O2. The molecule has 1 spiro atoms. The third-order valence-corrected chi connectivity index (χ3v) is 10.3. The van der Waals surface area contributed by atoms with Crippen LogP contribution in [0.3, 0.4) is 0 Å². The number of piperidine rings is 2. The van der Waals surface area contributed by atoms with Gasteiger partial charge in [0.05, 0.1) is 24.7 Å². The zero-order valence-electron chi connectivity index (χ0n) is 15.4. The molecule has 7 atom stereocenters. The van der Waals surface area contributed by atoms with Crippen LogP contribution in [0.1, 0.15) is 25.3 Å². The summed E-state index contributed by atoms with van der Waals surface area (Å²) in [5.41, 5.74) is 4.01. The Morgan fingerprint density at radius 3 is 3.04 bits per heavy atom. The summed E-state index contributed by atoms with van der Waals surface area (Å²) in [6, 6.07) is 9.29. The first kappa shape index (κ1) is 15.9. The lowest BCUT2D eigenvalue weighted by Crippen LogP contribution is -2.78. The van der Waals surface area contributed by atoms with Crippen molar-refractivity contribution in [3.05, 3.63) is 41.5 Å². The number of amides is 1. The Morgan fingerprint density at radius 2 is 2.15 bits per heavy atom. The van der Waals surface area contributed by atoms with Crippen molar-refractivity contribution in [2.75, 3.05) is 24.6 Å². The molecule has 1 aromatic carbocycles. The van der Waals surface area contributed by atoms with E-state index in [-0.39, 0.29) is 23.0 Å². The van der Waals surface area contributed by atoms with Gasteiger partial charge in [-0.2, -0.15) is 0 Å². The molecule has 5 aliphatic heterocycles. The van der Waals surface area contributed by atoms with Crippen molar-refractivity contribution in [1.29, 1.82) is 0 Å². The van der Waals surface area contributed by atoms with Crippen LogP contribution in [0.15, 0.2) is 35.9 Å². The lowest BCUT2D eigenvalue weighted by atomic mass is 9.47. The van der Waals surface area contributed by atoms with Gasteiger partial charge < -0.3 is 9.64 Å². The fourth-order valence-electron chi connectivity index (χ4n) is 8.17. The van der Waals surface area contributed by atoms with Crippen LogP contribution in [0.2, 0.25) is 0 Å². The van der Waals surface area contributed by atoms with Gasteiger partial charge in [0.15, 0.2) is 0 Å². The van der Waals surface area contributed by atoms with Crippen LogP contribution >= 0.6 is 22.6 Å². The molecule has 1 amide bonds. The maximum Gasteiger partial charge on any atom is 0.230 e. The van der Waals surface area contributed by atoms with Crippen molar-refractivity contribution in [3.63, 3.8) is 0 Å². The Hall–Kier alpha value is -0.920. The molecule has 3 saturated heterocycles. The molecule has 4 nitrogen and oxygen atoms in total. The van der Waals surface area contributed by atoms with E-state index < -0.39 is 0 Å². The topological polar surface area (TPSA) is 32.8 Å². The van der Waals surface area contributed by atoms with E-state index in [1.807, 2.05) is 0 Å². The number of halogens is 1. The van der Waals surface area contributed by atoms with E-state index in [2.05, 4.69) is 69.7 Å². The van der Waals surface area contributed by atoms with Gasteiger partial charge >= 0.3 is 0 Å². The zero-order valence-corrected chi connectivity index (χ0v) is 17.6. The van der Waals surface area contributed by atoms with Gasteiger partial charge in [-0.3, -0.25) is 9.69 Å². The third kappa shape index (κ3) is 1.48. The number of nitrogens with zero attached hydrogens (tertiary/aromatic N) is 2. The number of carbonyl (C=O) groups excluding carboxylic acids is 1. The normalized spacial score (nSPS) is 49.0. The zero-order chi connectivity index (χ0) is 18.1. The average molecular weight is 474 g/mol. The first-order valence-electron chi connectivity index (χ1n) is 10.2. The average Bonchev–Trinajstić information content (AvgIpc) is 3.07. The number of anilines is 1. The van der Waals surface area contributed by atoms with Crippen molar-refractivity contribution < 1.29 is 9.53 Å². The van der Waals surface area contributed by atoms with Crippen LogP contribution in [0.4, 0.5) is 5.69 Å². The van der Waals surface area contributed by atoms with Gasteiger partial charge in [0.1, 0.15) is 0 Å². The van der Waals surface area contributed by atoms with E-state index in [0.29, 0.717) is 34.8 Å². The Kier molecular flexibility index (Phi) is 2.83. The number of hydrogen-bond donors (Lipinski definition) is 0. The lowest BCUT2D eigenvalue weighted by molar-refractivity contribution is -0.139. The minimum Gasteiger partial charge on any atom is -0.373 e. The number of carbonyl (C=O) groups is 1. The van der Waals surface area contributed by atoms with Gasteiger partial charge in [-0.15, -0.1) is 0 Å². The van der Waals surface area contributed by atoms with Crippen LogP contribution < -0.4 is 4.90 Å². The van der Waals surface area contributed by atoms with Gasteiger partial charge in [0.2, 0.25) is 5.91 Å². The molecule has 2 bridgehead atoms. The molecule has 4 fully saturated rings. The lowest BCUT2D eigenvalue weighted by Gasteiger charge is -2.66. The van der Waals surface area contributed by atoms with Crippen LogP contribution in [-0.4, -0.2) is 52.1 Å². The van der Waals surface area contributed by atoms with Crippen molar-refractivity contribution >= 4 is 34.2 Å². The molecule has 140 valence electrons. The number of fused-ring (bicyclic) bond motifs is 2. The van der Waals surface area contributed by atoms with Crippen LogP contribution in [0.5, 0.6) is 0 Å². The molecule has 1 aliphatic carbocycles. The highest BCUT2D eigenvalue weighted by atomic mass is 127. The fraction of sp³-hybridized carbons (Fsp3) is 0.591. The highest BCUT2D eigenvalue weighted by Crippen LogP contribution is 2.71. The smallest absolute Gasteiger partial charge is 0.230 e. The van der Waals surface area contributed by atoms with E-state index >= 15 is 0 Å². The fourth-order valence-corrected chi connectivity index (χ4v) is 10.1. The predicted octanol–water partition coefficient (Wildman–Crippen LogP) is 2.90. The first-order valence-corrected chi connectivity index (χ1v) is 11.4. The predicted molar refractivity (Wildman–Crippen MR) is 111 cm³/mol. The summed E-state index contributed by atoms with van der Waals surface area (Å²) in [5, 5.41) is 0. The number of hydrogen-bond acceptors (Lipinski definition) is 3. The molecule has 7 rings (SSSR count). The van der Waals surface area contributed by atoms with Gasteiger partial charge in [-0.05, 0) is 31.5 Å². The standard InChI is InChI=1S/C22H23IN2O2/c1-21-18-15-10-16(26)25(21)14-5-3-2-4-13(14)22(21)7-8-24-11-12(6-9-27-15)17(18)19(23)20(22)24/h2-6,15,17-20H,7-11H2,1H3/t15?,17-,18+,19?,20+,21?,22+/m0/s1. The quantitative estimate of drug-likeness (QED) is 0.330. The van der Waals surface area contributed by atoms with Crippen molar-refractivity contribution in [1.82, 2.24) is 4.90 Å². The molecule has 5 heteroatoms.